The lowest BCUT2D eigenvalue weighted by atomic mass is 9.47. The Labute approximate surface area is 244 Å². The summed E-state index contributed by atoms with van der Waals surface area (Å²) in [5, 5.41) is 0. The summed E-state index contributed by atoms with van der Waals surface area (Å²) in [6.45, 7) is 16.7. The van der Waals surface area contributed by atoms with E-state index in [1.54, 1.807) is 23.8 Å². The third-order valence-electron chi connectivity index (χ3n) is 12.0. The van der Waals surface area contributed by atoms with Gasteiger partial charge in [0.25, 0.3) is 0 Å². The summed E-state index contributed by atoms with van der Waals surface area (Å²) in [6, 6.07) is 7.27. The molecule has 40 heavy (non-hydrogen) atoms. The minimum atomic E-state index is -0.217. The lowest BCUT2D eigenvalue weighted by Crippen LogP contribution is -2.51. The Kier molecular flexibility index (Phi) is 8.89. The summed E-state index contributed by atoms with van der Waals surface area (Å²) in [5.41, 5.74) is 2.97. The van der Waals surface area contributed by atoms with Crippen LogP contribution < -0.4 is 4.74 Å². The standard InChI is InChI=1S/C37H54O3/c1-7-23-39-29-14-11-27(12-15-29)35(38)40-30-19-21-36(5)28(24-30)13-16-31-33-18-17-32(26(4)10-8-9-25(2)3)37(33,6)22-20-34(31)36/h7,11-15,25-26,30-34H,1,8-10,16-24H2,2-6H3/t26-,30?,31+,32-,33+,34+,36+,37-/m1/s1. The van der Waals surface area contributed by atoms with Crippen molar-refractivity contribution < 1.29 is 14.3 Å². The van der Waals surface area contributed by atoms with Crippen molar-refractivity contribution in [1.29, 1.82) is 0 Å². The number of esters is 1. The number of rotatable bonds is 10. The number of benzene rings is 1. The van der Waals surface area contributed by atoms with Crippen LogP contribution >= 0.6 is 0 Å². The molecule has 0 spiro atoms. The summed E-state index contributed by atoms with van der Waals surface area (Å²) in [4.78, 5) is 13.0. The fraction of sp³-hybridized carbons (Fsp3) is 0.703. The van der Waals surface area contributed by atoms with Crippen molar-refractivity contribution in [3.8, 4) is 5.75 Å². The summed E-state index contributed by atoms with van der Waals surface area (Å²) in [7, 11) is 0. The predicted octanol–water partition coefficient (Wildman–Crippen LogP) is 9.82. The van der Waals surface area contributed by atoms with Crippen LogP contribution in [0.3, 0.4) is 0 Å². The van der Waals surface area contributed by atoms with Crippen molar-refractivity contribution in [2.24, 2.45) is 46.3 Å². The van der Waals surface area contributed by atoms with Gasteiger partial charge in [-0.15, -0.1) is 0 Å². The zero-order chi connectivity index (χ0) is 28.5. The second kappa shape index (κ2) is 12.1. The van der Waals surface area contributed by atoms with E-state index in [9.17, 15) is 4.79 Å². The molecule has 3 saturated carbocycles. The minimum Gasteiger partial charge on any atom is -0.490 e. The van der Waals surface area contributed by atoms with Crippen LogP contribution in [0.15, 0.2) is 48.6 Å². The second-order valence-corrected chi connectivity index (χ2v) is 14.7. The molecule has 0 saturated heterocycles. The van der Waals surface area contributed by atoms with Gasteiger partial charge in [-0.2, -0.15) is 0 Å². The van der Waals surface area contributed by atoms with Crippen LogP contribution in [0.4, 0.5) is 0 Å². The first-order valence-corrected chi connectivity index (χ1v) is 16.4. The quantitative estimate of drug-likeness (QED) is 0.216. The number of allylic oxidation sites excluding steroid dienone is 1. The Morgan fingerprint density at radius 1 is 1.02 bits per heavy atom. The van der Waals surface area contributed by atoms with E-state index in [0.717, 1.165) is 60.5 Å². The van der Waals surface area contributed by atoms with Gasteiger partial charge in [0.05, 0.1) is 5.56 Å². The van der Waals surface area contributed by atoms with Crippen LogP contribution in [0.5, 0.6) is 5.75 Å². The highest BCUT2D eigenvalue weighted by Gasteiger charge is 2.59. The number of ether oxygens (including phenoxy) is 2. The fourth-order valence-electron chi connectivity index (χ4n) is 9.81. The molecule has 0 N–H and O–H groups in total. The monoisotopic (exact) mass is 546 g/mol. The van der Waals surface area contributed by atoms with Gasteiger partial charge in [-0.05, 0) is 116 Å². The first-order valence-electron chi connectivity index (χ1n) is 16.4. The third-order valence-corrected chi connectivity index (χ3v) is 12.0. The van der Waals surface area contributed by atoms with Crippen molar-refractivity contribution >= 4 is 5.97 Å². The van der Waals surface area contributed by atoms with Crippen LogP contribution in [0.1, 0.15) is 116 Å². The number of hydrogen-bond donors (Lipinski definition) is 0. The molecule has 3 nitrogen and oxygen atoms in total. The maximum Gasteiger partial charge on any atom is 0.338 e. The normalized spacial score (nSPS) is 35.6. The molecule has 8 atom stereocenters. The molecule has 3 fully saturated rings. The molecule has 0 aliphatic heterocycles. The molecule has 0 bridgehead atoms. The first-order chi connectivity index (χ1) is 19.2. The van der Waals surface area contributed by atoms with Crippen LogP contribution in [0, 0.1) is 46.3 Å². The highest BCUT2D eigenvalue weighted by Crippen LogP contribution is 2.67. The highest BCUT2D eigenvalue weighted by atomic mass is 16.5. The number of hydrogen-bond acceptors (Lipinski definition) is 3. The molecule has 0 amide bonds. The molecule has 4 aliphatic rings. The third kappa shape index (κ3) is 5.68. The van der Waals surface area contributed by atoms with Gasteiger partial charge in [-0.3, -0.25) is 0 Å². The Bertz CT molecular complexity index is 1070. The summed E-state index contributed by atoms with van der Waals surface area (Å²) < 4.78 is 11.6. The molecule has 0 aromatic heterocycles. The zero-order valence-corrected chi connectivity index (χ0v) is 25.9. The summed E-state index contributed by atoms with van der Waals surface area (Å²) in [5.74, 6) is 5.62. The average molecular weight is 547 g/mol. The van der Waals surface area contributed by atoms with Gasteiger partial charge in [0.2, 0.25) is 0 Å². The number of carbonyl (C=O) groups excluding carboxylic acids is 1. The number of fused-ring (bicyclic) bond motifs is 5. The summed E-state index contributed by atoms with van der Waals surface area (Å²) >= 11 is 0. The Balaban J connectivity index is 1.21. The van der Waals surface area contributed by atoms with Crippen molar-refractivity contribution in [2.45, 2.75) is 111 Å². The molecular formula is C37H54O3. The molecule has 1 unspecified atom stereocenters. The van der Waals surface area contributed by atoms with E-state index in [-0.39, 0.29) is 17.5 Å². The molecule has 3 heteroatoms. The Morgan fingerprint density at radius 2 is 1.80 bits per heavy atom. The molecule has 220 valence electrons. The Morgan fingerprint density at radius 3 is 2.52 bits per heavy atom. The van der Waals surface area contributed by atoms with E-state index < -0.39 is 0 Å². The van der Waals surface area contributed by atoms with Crippen LogP contribution in [0.2, 0.25) is 0 Å². The van der Waals surface area contributed by atoms with Crippen LogP contribution in [0.25, 0.3) is 0 Å². The van der Waals surface area contributed by atoms with Crippen molar-refractivity contribution in [3.05, 3.63) is 54.1 Å². The number of carbonyl (C=O) groups is 1. The lowest BCUT2D eigenvalue weighted by molar-refractivity contribution is -0.0594. The van der Waals surface area contributed by atoms with Gasteiger partial charge in [0, 0.05) is 6.42 Å². The van der Waals surface area contributed by atoms with E-state index in [4.69, 9.17) is 9.47 Å². The smallest absolute Gasteiger partial charge is 0.338 e. The largest absolute Gasteiger partial charge is 0.490 e. The molecule has 1 aromatic rings. The topological polar surface area (TPSA) is 35.5 Å². The fourth-order valence-corrected chi connectivity index (χ4v) is 9.81. The predicted molar refractivity (Wildman–Crippen MR) is 164 cm³/mol. The lowest BCUT2D eigenvalue weighted by Gasteiger charge is -2.58. The van der Waals surface area contributed by atoms with Gasteiger partial charge < -0.3 is 9.47 Å². The van der Waals surface area contributed by atoms with Gasteiger partial charge >= 0.3 is 5.97 Å². The van der Waals surface area contributed by atoms with Gasteiger partial charge in [-0.25, -0.2) is 4.79 Å². The molecule has 1 aromatic carbocycles. The first kappa shape index (κ1) is 29.5. The second-order valence-electron chi connectivity index (χ2n) is 14.7. The minimum absolute atomic E-state index is 0.0172. The van der Waals surface area contributed by atoms with Crippen molar-refractivity contribution in [2.75, 3.05) is 6.61 Å². The van der Waals surface area contributed by atoms with E-state index in [1.807, 2.05) is 12.1 Å². The summed E-state index contributed by atoms with van der Waals surface area (Å²) in [6.07, 6.45) is 18.4. The maximum atomic E-state index is 13.0. The zero-order valence-electron chi connectivity index (χ0n) is 25.9. The molecule has 5 rings (SSSR count). The van der Waals surface area contributed by atoms with E-state index in [1.165, 1.54) is 51.4 Å². The molecule has 0 heterocycles. The average Bonchev–Trinajstić information content (AvgIpc) is 3.29. The van der Waals surface area contributed by atoms with Crippen molar-refractivity contribution in [3.63, 3.8) is 0 Å². The van der Waals surface area contributed by atoms with Crippen LogP contribution in [-0.2, 0) is 4.74 Å². The molecule has 0 radical (unpaired) electrons. The van der Waals surface area contributed by atoms with Crippen molar-refractivity contribution in [1.82, 2.24) is 0 Å². The molecular weight excluding hydrogens is 492 g/mol. The van der Waals surface area contributed by atoms with Gasteiger partial charge in [0.15, 0.2) is 0 Å². The van der Waals surface area contributed by atoms with Gasteiger partial charge in [0.1, 0.15) is 18.5 Å². The molecule has 4 aliphatic carbocycles. The van der Waals surface area contributed by atoms with Crippen LogP contribution in [-0.4, -0.2) is 18.7 Å². The van der Waals surface area contributed by atoms with E-state index >= 15 is 0 Å². The van der Waals surface area contributed by atoms with E-state index in [0.29, 0.717) is 17.6 Å². The van der Waals surface area contributed by atoms with Gasteiger partial charge in [-0.1, -0.05) is 78.2 Å². The van der Waals surface area contributed by atoms with E-state index in [2.05, 4.69) is 47.3 Å². The Hall–Kier alpha value is -2.03. The highest BCUT2D eigenvalue weighted by molar-refractivity contribution is 5.89. The maximum absolute atomic E-state index is 13.0. The SMILES string of the molecule is C=CCOc1ccc(C(=O)OC2CC[C@@]3(C)C(=CC[C@H]4[C@@H]5CC[C@H]([C@H](C)CCCC(C)C)[C@@]5(C)CC[C@@H]43)C2)cc1.